The standard InChI is InChI=1S/C16H29N7O2/c1-5-19-15(22-16(2,3)4)21-13(9-12(17)24)20-11-7-6-8-23(10-11)14(18)25/h5,11H,1,6-10H2,2-4H3,(H2,17,24)(H2,18,25)(H2,19,20,21,22). The van der Waals surface area contributed by atoms with E-state index in [9.17, 15) is 9.59 Å². The molecule has 0 aromatic rings. The number of nitrogens with two attached hydrogens (primary N) is 2. The summed E-state index contributed by atoms with van der Waals surface area (Å²) in [7, 11) is 0. The second-order valence-electron chi connectivity index (χ2n) is 6.90. The molecule has 9 heteroatoms. The van der Waals surface area contributed by atoms with Gasteiger partial charge in [0.25, 0.3) is 0 Å². The van der Waals surface area contributed by atoms with E-state index in [4.69, 9.17) is 11.5 Å². The number of hydrogen-bond donors (Lipinski definition) is 4. The van der Waals surface area contributed by atoms with Gasteiger partial charge < -0.3 is 27.0 Å². The maximum absolute atomic E-state index is 11.4. The molecule has 0 spiro atoms. The number of guanidine groups is 1. The van der Waals surface area contributed by atoms with E-state index in [1.807, 2.05) is 20.8 Å². The van der Waals surface area contributed by atoms with Gasteiger partial charge in [-0.2, -0.15) is 0 Å². The predicted octanol–water partition coefficient (Wildman–Crippen LogP) is 0.281. The number of primary amides is 2. The zero-order valence-electron chi connectivity index (χ0n) is 15.2. The Morgan fingerprint density at radius 1 is 1.36 bits per heavy atom. The molecule has 25 heavy (non-hydrogen) atoms. The number of nitrogens with zero attached hydrogens (tertiary/aromatic N) is 3. The van der Waals surface area contributed by atoms with Gasteiger partial charge in [0.15, 0.2) is 0 Å². The first-order valence-electron chi connectivity index (χ1n) is 8.24. The van der Waals surface area contributed by atoms with Gasteiger partial charge in [-0.25, -0.2) is 9.79 Å². The van der Waals surface area contributed by atoms with Gasteiger partial charge in [-0.3, -0.25) is 9.79 Å². The molecule has 1 aliphatic heterocycles. The summed E-state index contributed by atoms with van der Waals surface area (Å²) in [5, 5.41) is 5.91. The molecule has 1 unspecified atom stereocenters. The average molecular weight is 351 g/mol. The summed E-state index contributed by atoms with van der Waals surface area (Å²) in [5.74, 6) is 0.300. The van der Waals surface area contributed by atoms with E-state index < -0.39 is 11.9 Å². The third-order valence-corrected chi connectivity index (χ3v) is 3.34. The number of carbonyl (C=O) groups is 2. The zero-order valence-corrected chi connectivity index (χ0v) is 15.2. The van der Waals surface area contributed by atoms with Gasteiger partial charge in [0.1, 0.15) is 5.84 Å². The SMILES string of the molecule is C=CNC(=NC(C)(C)C)NC(CC(N)=O)=NC1CCCN(C(N)=O)C1. The highest BCUT2D eigenvalue weighted by Gasteiger charge is 2.22. The van der Waals surface area contributed by atoms with E-state index >= 15 is 0 Å². The van der Waals surface area contributed by atoms with Crippen molar-refractivity contribution in [2.75, 3.05) is 13.1 Å². The summed E-state index contributed by atoms with van der Waals surface area (Å²) in [6.45, 7) is 10.5. The molecule has 0 aliphatic carbocycles. The van der Waals surface area contributed by atoms with Crippen molar-refractivity contribution in [2.24, 2.45) is 21.5 Å². The van der Waals surface area contributed by atoms with Crippen molar-refractivity contribution in [2.45, 2.75) is 51.6 Å². The fourth-order valence-electron chi connectivity index (χ4n) is 2.43. The van der Waals surface area contributed by atoms with E-state index in [-0.39, 0.29) is 18.0 Å². The van der Waals surface area contributed by atoms with Gasteiger partial charge >= 0.3 is 6.03 Å². The largest absolute Gasteiger partial charge is 0.369 e. The van der Waals surface area contributed by atoms with Gasteiger partial charge in [0.2, 0.25) is 11.9 Å². The number of urea groups is 1. The van der Waals surface area contributed by atoms with Gasteiger partial charge in [-0.05, 0) is 39.8 Å². The molecule has 1 saturated heterocycles. The number of aliphatic imine (C=N–C) groups is 2. The highest BCUT2D eigenvalue weighted by Crippen LogP contribution is 2.13. The van der Waals surface area contributed by atoms with Crippen molar-refractivity contribution in [1.82, 2.24) is 15.5 Å². The van der Waals surface area contributed by atoms with Crippen LogP contribution in [0.4, 0.5) is 4.79 Å². The monoisotopic (exact) mass is 351 g/mol. The molecule has 0 saturated carbocycles. The number of nitrogens with one attached hydrogen (secondary N) is 2. The molecule has 1 fully saturated rings. The van der Waals surface area contributed by atoms with Crippen LogP contribution in [0.2, 0.25) is 0 Å². The van der Waals surface area contributed by atoms with E-state index in [2.05, 4.69) is 27.2 Å². The topological polar surface area (TPSA) is 138 Å². The number of amides is 3. The smallest absolute Gasteiger partial charge is 0.314 e. The number of amidine groups is 1. The minimum absolute atomic E-state index is 0.0605. The van der Waals surface area contributed by atoms with E-state index in [1.54, 1.807) is 4.90 Å². The van der Waals surface area contributed by atoms with Crippen molar-refractivity contribution in [1.29, 1.82) is 0 Å². The minimum atomic E-state index is -0.512. The van der Waals surface area contributed by atoms with E-state index in [0.717, 1.165) is 12.8 Å². The lowest BCUT2D eigenvalue weighted by molar-refractivity contribution is -0.116. The first-order valence-corrected chi connectivity index (χ1v) is 8.24. The van der Waals surface area contributed by atoms with Gasteiger partial charge in [-0.15, -0.1) is 0 Å². The number of likely N-dealkylation sites (tertiary alicyclic amines) is 1. The van der Waals surface area contributed by atoms with Gasteiger partial charge in [0, 0.05) is 13.1 Å². The molecule has 0 aromatic heterocycles. The summed E-state index contributed by atoms with van der Waals surface area (Å²) in [4.78, 5) is 33.3. The predicted molar refractivity (Wildman–Crippen MR) is 99.1 cm³/mol. The van der Waals surface area contributed by atoms with Crippen LogP contribution in [0.5, 0.6) is 0 Å². The lowest BCUT2D eigenvalue weighted by atomic mass is 10.1. The molecule has 1 heterocycles. The molecule has 1 atom stereocenters. The normalized spacial score (nSPS) is 19.3. The highest BCUT2D eigenvalue weighted by atomic mass is 16.2. The highest BCUT2D eigenvalue weighted by molar-refractivity contribution is 6.07. The Bertz CT molecular complexity index is 563. The third-order valence-electron chi connectivity index (χ3n) is 3.34. The fourth-order valence-corrected chi connectivity index (χ4v) is 2.43. The first kappa shape index (κ1) is 20.5. The Morgan fingerprint density at radius 3 is 2.56 bits per heavy atom. The molecule has 0 bridgehead atoms. The summed E-state index contributed by atoms with van der Waals surface area (Å²) >= 11 is 0. The van der Waals surface area contributed by atoms with E-state index in [0.29, 0.717) is 24.9 Å². The van der Waals surface area contributed by atoms with Crippen LogP contribution in [0.3, 0.4) is 0 Å². The van der Waals surface area contributed by atoms with Crippen LogP contribution >= 0.6 is 0 Å². The van der Waals surface area contributed by atoms with Crippen molar-refractivity contribution in [3.8, 4) is 0 Å². The number of carbonyl (C=O) groups excluding carboxylic acids is 2. The lowest BCUT2D eigenvalue weighted by Gasteiger charge is -2.30. The molecule has 9 nitrogen and oxygen atoms in total. The summed E-state index contributed by atoms with van der Waals surface area (Å²) in [5.41, 5.74) is 10.3. The van der Waals surface area contributed by atoms with Crippen molar-refractivity contribution in [3.05, 3.63) is 12.8 Å². The number of piperidine rings is 1. The Kier molecular flexibility index (Phi) is 7.41. The maximum atomic E-state index is 11.4. The van der Waals surface area contributed by atoms with Gasteiger partial charge in [-0.1, -0.05) is 6.58 Å². The van der Waals surface area contributed by atoms with Crippen molar-refractivity contribution < 1.29 is 9.59 Å². The minimum Gasteiger partial charge on any atom is -0.369 e. The Morgan fingerprint density at radius 2 is 2.04 bits per heavy atom. The second kappa shape index (κ2) is 9.05. The van der Waals surface area contributed by atoms with Gasteiger partial charge in [0.05, 0.1) is 18.0 Å². The summed E-state index contributed by atoms with van der Waals surface area (Å²) in [6, 6.07) is -0.615. The molecule has 1 rings (SSSR count). The molecule has 0 aromatic carbocycles. The lowest BCUT2D eigenvalue weighted by Crippen LogP contribution is -2.46. The summed E-state index contributed by atoms with van der Waals surface area (Å²) in [6.07, 6.45) is 3.02. The molecule has 3 amide bonds. The fraction of sp³-hybridized carbons (Fsp3) is 0.625. The first-order chi connectivity index (χ1) is 11.6. The second-order valence-corrected chi connectivity index (χ2v) is 6.90. The van der Waals surface area contributed by atoms with Crippen LogP contribution < -0.4 is 22.1 Å². The van der Waals surface area contributed by atoms with E-state index in [1.165, 1.54) is 6.20 Å². The van der Waals surface area contributed by atoms with Crippen LogP contribution in [-0.2, 0) is 4.79 Å². The number of rotatable bonds is 4. The van der Waals surface area contributed by atoms with Crippen LogP contribution in [-0.4, -0.2) is 53.3 Å². The van der Waals surface area contributed by atoms with Crippen LogP contribution in [0.25, 0.3) is 0 Å². The molecule has 6 N–H and O–H groups in total. The molecule has 1 aliphatic rings. The van der Waals surface area contributed by atoms with Crippen molar-refractivity contribution >= 4 is 23.7 Å². The Labute approximate surface area is 148 Å². The van der Waals surface area contributed by atoms with Crippen molar-refractivity contribution in [3.63, 3.8) is 0 Å². The molecular formula is C16H29N7O2. The Balaban J connectivity index is 2.98. The zero-order chi connectivity index (χ0) is 19.0. The van der Waals surface area contributed by atoms with Crippen LogP contribution in [0.15, 0.2) is 22.8 Å². The van der Waals surface area contributed by atoms with Crippen LogP contribution in [0.1, 0.15) is 40.0 Å². The molecular weight excluding hydrogens is 322 g/mol. The summed E-state index contributed by atoms with van der Waals surface area (Å²) < 4.78 is 0. The molecule has 140 valence electrons. The number of hydrogen-bond acceptors (Lipinski definition) is 4. The Hall–Kier alpha value is -2.58. The third kappa shape index (κ3) is 8.18. The average Bonchev–Trinajstić information content (AvgIpc) is 2.45. The quantitative estimate of drug-likeness (QED) is 0.427. The van der Waals surface area contributed by atoms with Crippen LogP contribution in [0, 0.1) is 0 Å². The molecule has 0 radical (unpaired) electrons. The maximum Gasteiger partial charge on any atom is 0.314 e.